The Morgan fingerprint density at radius 3 is 3.00 bits per heavy atom. The van der Waals surface area contributed by atoms with Crippen LogP contribution in [0.2, 0.25) is 0 Å². The van der Waals surface area contributed by atoms with Gasteiger partial charge in [-0.3, -0.25) is 0 Å². The van der Waals surface area contributed by atoms with E-state index < -0.39 is 0 Å². The highest BCUT2D eigenvalue weighted by Crippen LogP contribution is 2.38. The predicted molar refractivity (Wildman–Crippen MR) is 40.0 cm³/mol. The molecule has 0 bridgehead atoms. The highest BCUT2D eigenvalue weighted by molar-refractivity contribution is 5.38. The zero-order chi connectivity index (χ0) is 7.90. The van der Waals surface area contributed by atoms with Crippen LogP contribution in [0.4, 0.5) is 0 Å². The van der Waals surface area contributed by atoms with Gasteiger partial charge in [-0.25, -0.2) is 0 Å². The second kappa shape index (κ2) is 1.98. The summed E-state index contributed by atoms with van der Waals surface area (Å²) in [6.07, 6.45) is 0. The van der Waals surface area contributed by atoms with Crippen LogP contribution in [0.3, 0.4) is 0 Å². The van der Waals surface area contributed by atoms with E-state index in [1.807, 2.05) is 26.0 Å². The van der Waals surface area contributed by atoms with Crippen LogP contribution in [0, 0.1) is 6.07 Å². The molecule has 0 fully saturated rings. The van der Waals surface area contributed by atoms with Gasteiger partial charge in [-0.05, 0) is 26.0 Å². The van der Waals surface area contributed by atoms with Crippen LogP contribution in [0.1, 0.15) is 19.4 Å². The first-order chi connectivity index (χ1) is 5.20. The Hall–Kier alpha value is -1.02. The molecule has 2 heteroatoms. The van der Waals surface area contributed by atoms with Gasteiger partial charge in [0, 0.05) is 5.56 Å². The van der Waals surface area contributed by atoms with Crippen molar-refractivity contribution in [1.82, 2.24) is 0 Å². The third kappa shape index (κ3) is 0.906. The van der Waals surface area contributed by atoms with Gasteiger partial charge in [0.2, 0.25) is 0 Å². The molecule has 1 aromatic carbocycles. The van der Waals surface area contributed by atoms with E-state index in [4.69, 9.17) is 9.78 Å². The van der Waals surface area contributed by atoms with Gasteiger partial charge >= 0.3 is 0 Å². The van der Waals surface area contributed by atoms with E-state index >= 15 is 0 Å². The molecule has 0 aliphatic carbocycles. The first-order valence-corrected chi connectivity index (χ1v) is 3.56. The lowest BCUT2D eigenvalue weighted by atomic mass is 9.98. The summed E-state index contributed by atoms with van der Waals surface area (Å²) in [5.41, 5.74) is 0.765. The van der Waals surface area contributed by atoms with Crippen LogP contribution in [-0.2, 0) is 10.5 Å². The van der Waals surface area contributed by atoms with Gasteiger partial charge in [0.15, 0.2) is 5.75 Å². The van der Waals surface area contributed by atoms with Crippen molar-refractivity contribution in [2.45, 2.75) is 19.4 Å². The molecule has 0 saturated carbocycles. The van der Waals surface area contributed by atoms with Crippen LogP contribution in [-0.4, -0.2) is 0 Å². The lowest BCUT2D eigenvalue weighted by molar-refractivity contribution is -0.260. The lowest BCUT2D eigenvalue weighted by Crippen LogP contribution is -2.15. The third-order valence-electron chi connectivity index (χ3n) is 1.81. The summed E-state index contributed by atoms with van der Waals surface area (Å²) in [6.45, 7) is 3.94. The van der Waals surface area contributed by atoms with Gasteiger partial charge < -0.3 is 4.89 Å². The Morgan fingerprint density at radius 2 is 2.27 bits per heavy atom. The maximum atomic E-state index is 5.09. The monoisotopic (exact) mass is 149 g/mol. The van der Waals surface area contributed by atoms with E-state index in [2.05, 4.69) is 6.07 Å². The molecule has 0 amide bonds. The molecule has 57 valence electrons. The van der Waals surface area contributed by atoms with E-state index in [9.17, 15) is 0 Å². The SMILES string of the molecule is CC1(C)OOc2c[c]ccc21. The van der Waals surface area contributed by atoms with Gasteiger partial charge in [0.25, 0.3) is 0 Å². The van der Waals surface area contributed by atoms with Crippen molar-refractivity contribution in [2.75, 3.05) is 0 Å². The highest BCUT2D eigenvalue weighted by Gasteiger charge is 2.33. The number of hydrogen-bond donors (Lipinski definition) is 0. The summed E-state index contributed by atoms with van der Waals surface area (Å²) in [5, 5.41) is 0. The Bertz CT molecular complexity index is 279. The zero-order valence-corrected chi connectivity index (χ0v) is 6.55. The van der Waals surface area contributed by atoms with E-state index in [0.717, 1.165) is 11.3 Å². The molecular weight excluding hydrogens is 140 g/mol. The van der Waals surface area contributed by atoms with Gasteiger partial charge in [-0.15, -0.1) is 0 Å². The van der Waals surface area contributed by atoms with Gasteiger partial charge in [-0.1, -0.05) is 12.1 Å². The minimum absolute atomic E-state index is 0.315. The largest absolute Gasteiger partial charge is 0.336 e. The Morgan fingerprint density at radius 1 is 1.45 bits per heavy atom. The van der Waals surface area contributed by atoms with E-state index in [1.165, 1.54) is 0 Å². The molecule has 2 rings (SSSR count). The van der Waals surface area contributed by atoms with Crippen molar-refractivity contribution >= 4 is 0 Å². The summed E-state index contributed by atoms with van der Waals surface area (Å²) >= 11 is 0. The molecule has 2 nitrogen and oxygen atoms in total. The van der Waals surface area contributed by atoms with Crippen molar-refractivity contribution in [3.05, 3.63) is 29.8 Å². The molecule has 0 N–H and O–H groups in total. The van der Waals surface area contributed by atoms with Crippen LogP contribution < -0.4 is 4.89 Å². The summed E-state index contributed by atoms with van der Waals surface area (Å²) in [6, 6.07) is 8.53. The van der Waals surface area contributed by atoms with Crippen molar-refractivity contribution in [3.63, 3.8) is 0 Å². The minimum atomic E-state index is -0.315. The quantitative estimate of drug-likeness (QED) is 0.525. The van der Waals surface area contributed by atoms with E-state index in [0.29, 0.717) is 0 Å². The van der Waals surface area contributed by atoms with Gasteiger partial charge in [0.05, 0.1) is 0 Å². The summed E-state index contributed by atoms with van der Waals surface area (Å²) in [7, 11) is 0. The second-order valence-electron chi connectivity index (χ2n) is 3.10. The molecule has 1 radical (unpaired) electrons. The van der Waals surface area contributed by atoms with Crippen LogP contribution in [0.15, 0.2) is 18.2 Å². The average Bonchev–Trinajstić information content (AvgIpc) is 2.29. The molecule has 0 saturated heterocycles. The fraction of sp³-hybridized carbons (Fsp3) is 0.333. The first kappa shape index (κ1) is 6.68. The molecule has 0 unspecified atom stereocenters. The molecular formula is C9H9O2. The maximum absolute atomic E-state index is 5.09. The molecule has 1 heterocycles. The Balaban J connectivity index is 2.56. The molecule has 1 aliphatic rings. The fourth-order valence-corrected chi connectivity index (χ4v) is 1.18. The lowest BCUT2D eigenvalue weighted by Gasteiger charge is -2.12. The topological polar surface area (TPSA) is 18.5 Å². The summed E-state index contributed by atoms with van der Waals surface area (Å²) < 4.78 is 0. The van der Waals surface area contributed by atoms with Crippen LogP contribution >= 0.6 is 0 Å². The molecule has 0 aromatic heterocycles. The van der Waals surface area contributed by atoms with E-state index in [-0.39, 0.29) is 5.60 Å². The molecule has 11 heavy (non-hydrogen) atoms. The van der Waals surface area contributed by atoms with Gasteiger partial charge in [0.1, 0.15) is 5.60 Å². The van der Waals surface area contributed by atoms with E-state index in [1.54, 1.807) is 6.07 Å². The number of hydrogen-bond acceptors (Lipinski definition) is 2. The molecule has 0 spiro atoms. The predicted octanol–water partition coefficient (Wildman–Crippen LogP) is 2.05. The smallest absolute Gasteiger partial charge is 0.172 e. The number of rotatable bonds is 0. The summed E-state index contributed by atoms with van der Waals surface area (Å²) in [5.74, 6) is 0.775. The van der Waals surface area contributed by atoms with Crippen LogP contribution in [0.25, 0.3) is 0 Å². The number of fused-ring (bicyclic) bond motifs is 1. The third-order valence-corrected chi connectivity index (χ3v) is 1.81. The zero-order valence-electron chi connectivity index (χ0n) is 6.55. The van der Waals surface area contributed by atoms with Crippen molar-refractivity contribution in [2.24, 2.45) is 0 Å². The maximum Gasteiger partial charge on any atom is 0.172 e. The van der Waals surface area contributed by atoms with Crippen molar-refractivity contribution in [3.8, 4) is 5.75 Å². The molecule has 1 aromatic rings. The van der Waals surface area contributed by atoms with Gasteiger partial charge in [-0.2, -0.15) is 4.89 Å². The minimum Gasteiger partial charge on any atom is -0.336 e. The van der Waals surface area contributed by atoms with Crippen molar-refractivity contribution < 1.29 is 9.78 Å². The van der Waals surface area contributed by atoms with Crippen LogP contribution in [0.5, 0.6) is 5.75 Å². The first-order valence-electron chi connectivity index (χ1n) is 3.56. The number of benzene rings is 1. The summed E-state index contributed by atoms with van der Waals surface area (Å²) in [4.78, 5) is 10.1. The second-order valence-corrected chi connectivity index (χ2v) is 3.10. The molecule has 0 atom stereocenters. The average molecular weight is 149 g/mol. The fourth-order valence-electron chi connectivity index (χ4n) is 1.18. The highest BCUT2D eigenvalue weighted by atomic mass is 17.2. The molecule has 1 aliphatic heterocycles. The Kier molecular flexibility index (Phi) is 1.20. The Labute approximate surface area is 65.7 Å². The normalized spacial score (nSPS) is 19.1. The van der Waals surface area contributed by atoms with Crippen molar-refractivity contribution in [1.29, 1.82) is 0 Å². The standard InChI is InChI=1S/C9H9O2/c1-9(2)7-5-3-4-6-8(7)10-11-9/h3,5-6H,1-2H3.